The van der Waals surface area contributed by atoms with Crippen molar-refractivity contribution in [1.82, 2.24) is 14.8 Å². The minimum Gasteiger partial charge on any atom is -0.313 e. The fourth-order valence-corrected chi connectivity index (χ4v) is 3.26. The Morgan fingerprint density at radius 2 is 1.77 bits per heavy atom. The summed E-state index contributed by atoms with van der Waals surface area (Å²) in [5, 5.41) is 4.07. The number of rotatable bonds is 5. The van der Waals surface area contributed by atoms with Crippen LogP contribution >= 0.6 is 0 Å². The van der Waals surface area contributed by atoms with E-state index in [0.717, 1.165) is 5.52 Å². The van der Waals surface area contributed by atoms with Gasteiger partial charge >= 0.3 is 0 Å². The quantitative estimate of drug-likeness (QED) is 0.315. The number of amides is 1. The van der Waals surface area contributed by atoms with Gasteiger partial charge in [-0.3, -0.25) is 14.6 Å². The van der Waals surface area contributed by atoms with Crippen molar-refractivity contribution in [1.29, 1.82) is 0 Å². The first-order valence-electron chi connectivity index (χ1n) is 9.19. The highest BCUT2D eigenvalue weighted by Crippen LogP contribution is 2.24. The normalized spacial score (nSPS) is 11.1. The minimum atomic E-state index is -0.402. The molecule has 0 unspecified atom stereocenters. The van der Waals surface area contributed by atoms with Gasteiger partial charge in [0.2, 0.25) is 5.78 Å². The van der Waals surface area contributed by atoms with Crippen LogP contribution in [-0.2, 0) is 0 Å². The minimum absolute atomic E-state index is 0.228. The smallest absolute Gasteiger partial charge is 0.271 e. The van der Waals surface area contributed by atoms with Crippen LogP contribution in [0.25, 0.3) is 5.52 Å². The highest BCUT2D eigenvalue weighted by molar-refractivity contribution is 6.12. The lowest BCUT2D eigenvalue weighted by molar-refractivity contribution is 0.0954. The van der Waals surface area contributed by atoms with E-state index in [4.69, 9.17) is 0 Å². The van der Waals surface area contributed by atoms with Crippen molar-refractivity contribution in [2.75, 3.05) is 0 Å². The number of nitrogens with one attached hydrogen (secondary N) is 1. The van der Waals surface area contributed by atoms with Crippen LogP contribution in [0.3, 0.4) is 0 Å². The van der Waals surface area contributed by atoms with E-state index < -0.39 is 5.82 Å². The predicted octanol–water partition coefficient (Wildman–Crippen LogP) is 3.78. The summed E-state index contributed by atoms with van der Waals surface area (Å²) >= 11 is 0. The first-order valence-corrected chi connectivity index (χ1v) is 9.19. The third kappa shape index (κ3) is 3.60. The number of hydrogen-bond donors (Lipinski definition) is 1. The van der Waals surface area contributed by atoms with Crippen molar-refractivity contribution in [2.45, 2.75) is 6.92 Å². The van der Waals surface area contributed by atoms with E-state index in [2.05, 4.69) is 15.5 Å². The van der Waals surface area contributed by atoms with Crippen LogP contribution in [-0.4, -0.2) is 27.3 Å². The first kappa shape index (κ1) is 19.2. The lowest BCUT2D eigenvalue weighted by Crippen LogP contribution is -2.17. The van der Waals surface area contributed by atoms with Gasteiger partial charge in [0.1, 0.15) is 5.82 Å². The molecule has 0 atom stereocenters. The molecule has 6 nitrogen and oxygen atoms in total. The predicted molar refractivity (Wildman–Crippen MR) is 111 cm³/mol. The molecule has 148 valence electrons. The Hall–Kier alpha value is -4.13. The van der Waals surface area contributed by atoms with E-state index in [-0.39, 0.29) is 11.7 Å². The van der Waals surface area contributed by atoms with Crippen LogP contribution in [0.1, 0.15) is 37.5 Å². The average Bonchev–Trinajstić information content (AvgIpc) is 3.06. The molecular formula is C23H17FN4O2. The van der Waals surface area contributed by atoms with Gasteiger partial charge < -0.3 is 4.40 Å². The maximum atomic E-state index is 13.2. The Kier molecular flexibility index (Phi) is 5.17. The first-order chi connectivity index (χ1) is 14.6. The lowest BCUT2D eigenvalue weighted by Gasteiger charge is -2.04. The van der Waals surface area contributed by atoms with E-state index in [1.54, 1.807) is 22.7 Å². The zero-order valence-electron chi connectivity index (χ0n) is 16.0. The van der Waals surface area contributed by atoms with Gasteiger partial charge in [-0.2, -0.15) is 5.10 Å². The van der Waals surface area contributed by atoms with E-state index in [1.165, 1.54) is 42.9 Å². The van der Waals surface area contributed by atoms with Crippen LogP contribution < -0.4 is 5.43 Å². The second-order valence-corrected chi connectivity index (χ2v) is 6.61. The van der Waals surface area contributed by atoms with Gasteiger partial charge in [-0.15, -0.1) is 0 Å². The molecule has 0 aliphatic carbocycles. The molecule has 7 heteroatoms. The molecule has 4 rings (SSSR count). The molecular weight excluding hydrogens is 383 g/mol. The molecule has 1 N–H and O–H groups in total. The van der Waals surface area contributed by atoms with Crippen molar-refractivity contribution in [3.63, 3.8) is 0 Å². The molecule has 0 saturated carbocycles. The third-order valence-electron chi connectivity index (χ3n) is 4.76. The number of ketones is 1. The Labute approximate surface area is 171 Å². The number of hydrogen-bond acceptors (Lipinski definition) is 4. The molecule has 0 aliphatic heterocycles. The zero-order valence-corrected chi connectivity index (χ0v) is 16.0. The molecule has 1 amide bonds. The Morgan fingerprint density at radius 1 is 1.03 bits per heavy atom. The fourth-order valence-electron chi connectivity index (χ4n) is 3.26. The number of fused-ring (bicyclic) bond motifs is 1. The molecule has 0 spiro atoms. The highest BCUT2D eigenvalue weighted by Gasteiger charge is 2.21. The van der Waals surface area contributed by atoms with Crippen LogP contribution in [0.5, 0.6) is 0 Å². The summed E-state index contributed by atoms with van der Waals surface area (Å²) in [5.41, 5.74) is 5.94. The van der Waals surface area contributed by atoms with Crippen molar-refractivity contribution in [2.24, 2.45) is 5.10 Å². The van der Waals surface area contributed by atoms with Gasteiger partial charge in [0.15, 0.2) is 0 Å². The zero-order chi connectivity index (χ0) is 21.1. The maximum Gasteiger partial charge on any atom is 0.271 e. The van der Waals surface area contributed by atoms with Gasteiger partial charge in [0.05, 0.1) is 17.4 Å². The number of nitrogens with zero attached hydrogens (tertiary/aromatic N) is 3. The number of pyridine rings is 2. The number of benzene rings is 1. The second-order valence-electron chi connectivity index (χ2n) is 6.61. The number of halogens is 1. The van der Waals surface area contributed by atoms with E-state index in [9.17, 15) is 14.0 Å². The summed E-state index contributed by atoms with van der Waals surface area (Å²) in [6.07, 6.45) is 6.35. The molecule has 0 bridgehead atoms. The van der Waals surface area contributed by atoms with Crippen molar-refractivity contribution < 1.29 is 14.0 Å². The molecule has 1 aromatic carbocycles. The van der Waals surface area contributed by atoms with Gasteiger partial charge in [-0.25, -0.2) is 9.82 Å². The van der Waals surface area contributed by atoms with Crippen LogP contribution in [0.2, 0.25) is 0 Å². The molecule has 0 fully saturated rings. The highest BCUT2D eigenvalue weighted by atomic mass is 19.1. The molecule has 30 heavy (non-hydrogen) atoms. The monoisotopic (exact) mass is 400 g/mol. The summed E-state index contributed by atoms with van der Waals surface area (Å²) in [4.78, 5) is 29.2. The lowest BCUT2D eigenvalue weighted by atomic mass is 10.0. The molecule has 3 aromatic heterocycles. The topological polar surface area (TPSA) is 75.8 Å². The average molecular weight is 400 g/mol. The number of carbonyl (C=O) groups is 2. The summed E-state index contributed by atoms with van der Waals surface area (Å²) in [5.74, 6) is -0.993. The van der Waals surface area contributed by atoms with Gasteiger partial charge in [0.25, 0.3) is 5.91 Å². The maximum absolute atomic E-state index is 13.2. The summed E-state index contributed by atoms with van der Waals surface area (Å²) in [7, 11) is 0. The third-order valence-corrected chi connectivity index (χ3v) is 4.76. The van der Waals surface area contributed by atoms with E-state index >= 15 is 0 Å². The van der Waals surface area contributed by atoms with Crippen molar-refractivity contribution in [3.8, 4) is 0 Å². The summed E-state index contributed by atoms with van der Waals surface area (Å²) in [6.45, 7) is 1.82. The van der Waals surface area contributed by atoms with Crippen LogP contribution in [0.4, 0.5) is 4.39 Å². The number of hydrazone groups is 1. The fraction of sp³-hybridized carbons (Fsp3) is 0.0435. The molecule has 0 aliphatic rings. The molecule has 0 saturated heterocycles. The standard InChI is InChI=1S/C23H17FN4O2/c1-15-19(14-26-27-23(30)17-9-11-25-12-10-17)20-4-2-3-13-28(20)21(15)22(29)16-5-7-18(24)8-6-16/h2-14H,1H3,(H,27,30)/b26-14-. The largest absolute Gasteiger partial charge is 0.313 e. The van der Waals surface area contributed by atoms with Gasteiger partial charge in [0, 0.05) is 35.3 Å². The second kappa shape index (κ2) is 8.08. The molecule has 4 aromatic rings. The SMILES string of the molecule is Cc1c(/C=N\NC(=O)c2ccncc2)c2ccccn2c1C(=O)c1ccc(F)cc1. The van der Waals surface area contributed by atoms with Crippen LogP contribution in [0.15, 0.2) is 78.3 Å². The number of aromatic nitrogens is 2. The van der Waals surface area contributed by atoms with E-state index in [0.29, 0.717) is 27.9 Å². The number of carbonyl (C=O) groups excluding carboxylic acids is 2. The molecule has 3 heterocycles. The Balaban J connectivity index is 1.69. The Morgan fingerprint density at radius 3 is 2.50 bits per heavy atom. The van der Waals surface area contributed by atoms with Crippen molar-refractivity contribution in [3.05, 3.63) is 107 Å². The molecule has 0 radical (unpaired) electrons. The van der Waals surface area contributed by atoms with Gasteiger partial charge in [-0.05, 0) is 61.0 Å². The summed E-state index contributed by atoms with van der Waals surface area (Å²) in [6, 6.07) is 14.1. The van der Waals surface area contributed by atoms with Gasteiger partial charge in [-0.1, -0.05) is 6.07 Å². The van der Waals surface area contributed by atoms with Crippen LogP contribution in [0, 0.1) is 12.7 Å². The Bertz CT molecular complexity index is 1260. The van der Waals surface area contributed by atoms with E-state index in [1.807, 2.05) is 25.1 Å². The van der Waals surface area contributed by atoms with Crippen molar-refractivity contribution >= 4 is 23.4 Å². The summed E-state index contributed by atoms with van der Waals surface area (Å²) < 4.78 is 15.0.